The Hall–Kier alpha value is -3.07. The zero-order valence-corrected chi connectivity index (χ0v) is 16.7. The molecule has 0 aromatic heterocycles. The summed E-state index contributed by atoms with van der Waals surface area (Å²) in [5.74, 6) is -2.40. The Morgan fingerprint density at radius 3 is 2.59 bits per heavy atom. The van der Waals surface area contributed by atoms with Crippen molar-refractivity contribution in [2.24, 2.45) is 0 Å². The summed E-state index contributed by atoms with van der Waals surface area (Å²) in [6, 6.07) is 8.50. The van der Waals surface area contributed by atoms with Crippen molar-refractivity contribution >= 4 is 41.6 Å². The van der Waals surface area contributed by atoms with Crippen molar-refractivity contribution in [3.63, 3.8) is 0 Å². The monoisotopic (exact) mass is 416 g/mol. The molecule has 2 atom stereocenters. The molecule has 0 bridgehead atoms. The minimum atomic E-state index is -1.27. The van der Waals surface area contributed by atoms with Gasteiger partial charge in [0.15, 0.2) is 0 Å². The van der Waals surface area contributed by atoms with Gasteiger partial charge in [-0.05, 0) is 18.6 Å². The number of aliphatic carboxylic acids is 1. The Bertz CT molecular complexity index is 924. The lowest BCUT2D eigenvalue weighted by Gasteiger charge is -2.49. The molecule has 2 aliphatic rings. The predicted molar refractivity (Wildman–Crippen MR) is 106 cm³/mol. The number of rotatable bonds is 6. The molecular formula is C20H20N2O6S. The quantitative estimate of drug-likeness (QED) is 0.409. The molecule has 2 aliphatic heterocycles. The minimum Gasteiger partial charge on any atom is -0.477 e. The number of amides is 2. The van der Waals surface area contributed by atoms with Gasteiger partial charge in [-0.3, -0.25) is 19.3 Å². The number of carbonyl (C=O) groups excluding carboxylic acids is 3. The highest BCUT2D eigenvalue weighted by Gasteiger charge is 2.54. The molecule has 0 saturated carbocycles. The van der Waals surface area contributed by atoms with Crippen LogP contribution in [0.3, 0.4) is 0 Å². The first-order valence-corrected chi connectivity index (χ1v) is 9.92. The molecule has 1 fully saturated rings. The van der Waals surface area contributed by atoms with Crippen molar-refractivity contribution in [1.29, 1.82) is 0 Å². The first-order chi connectivity index (χ1) is 13.8. The zero-order valence-electron chi connectivity index (χ0n) is 15.9. The van der Waals surface area contributed by atoms with Crippen molar-refractivity contribution < 1.29 is 29.0 Å². The molecule has 2 amide bonds. The molecule has 3 rings (SSSR count). The number of carboxylic acids is 1. The Labute approximate surface area is 171 Å². The fourth-order valence-electron chi connectivity index (χ4n) is 3.10. The zero-order chi connectivity index (χ0) is 21.1. The number of esters is 1. The van der Waals surface area contributed by atoms with Crippen LogP contribution < -0.4 is 5.32 Å². The average molecular weight is 416 g/mol. The third kappa shape index (κ3) is 4.34. The molecule has 2 heterocycles. The number of nitrogens with one attached hydrogen (secondary N) is 1. The van der Waals surface area contributed by atoms with Crippen LogP contribution in [0.1, 0.15) is 19.4 Å². The molecule has 0 aliphatic carbocycles. The second kappa shape index (κ2) is 8.52. The fourth-order valence-corrected chi connectivity index (χ4v) is 4.43. The van der Waals surface area contributed by atoms with E-state index in [1.165, 1.54) is 18.7 Å². The van der Waals surface area contributed by atoms with Gasteiger partial charge in [0.1, 0.15) is 23.7 Å². The second-order valence-corrected chi connectivity index (χ2v) is 7.74. The topological polar surface area (TPSA) is 113 Å². The van der Waals surface area contributed by atoms with Crippen LogP contribution in [0.4, 0.5) is 0 Å². The van der Waals surface area contributed by atoms with E-state index in [1.54, 1.807) is 13.0 Å². The molecule has 1 aromatic rings. The Balaban J connectivity index is 1.72. The van der Waals surface area contributed by atoms with E-state index < -0.39 is 29.3 Å². The van der Waals surface area contributed by atoms with Gasteiger partial charge in [-0.15, -0.1) is 11.8 Å². The van der Waals surface area contributed by atoms with Crippen LogP contribution in [0.5, 0.6) is 0 Å². The summed E-state index contributed by atoms with van der Waals surface area (Å²) in [5.41, 5.74) is 1.47. The van der Waals surface area contributed by atoms with E-state index >= 15 is 0 Å². The number of ether oxygens (including phenoxy) is 1. The van der Waals surface area contributed by atoms with E-state index in [1.807, 2.05) is 30.3 Å². The maximum absolute atomic E-state index is 12.6. The number of hydrogen-bond acceptors (Lipinski definition) is 6. The minimum absolute atomic E-state index is 0.179. The van der Waals surface area contributed by atoms with Gasteiger partial charge in [0.2, 0.25) is 5.91 Å². The van der Waals surface area contributed by atoms with Gasteiger partial charge in [-0.2, -0.15) is 0 Å². The summed E-state index contributed by atoms with van der Waals surface area (Å²) in [6.07, 6.45) is 1.71. The Morgan fingerprint density at radius 2 is 1.97 bits per heavy atom. The highest BCUT2D eigenvalue weighted by Crippen LogP contribution is 2.40. The van der Waals surface area contributed by atoms with Gasteiger partial charge in [0.05, 0.1) is 0 Å². The number of fused-ring (bicyclic) bond motifs is 1. The number of β-lactam (4-membered cyclic amide) rings is 1. The third-order valence-electron chi connectivity index (χ3n) is 4.53. The Kier molecular flexibility index (Phi) is 6.07. The largest absolute Gasteiger partial charge is 0.477 e. The Morgan fingerprint density at radius 1 is 1.28 bits per heavy atom. The van der Waals surface area contributed by atoms with Crippen molar-refractivity contribution in [2.45, 2.75) is 25.3 Å². The second-order valence-electron chi connectivity index (χ2n) is 6.64. The molecule has 1 saturated heterocycles. The van der Waals surface area contributed by atoms with Crippen molar-refractivity contribution in [1.82, 2.24) is 10.2 Å². The molecule has 152 valence electrons. The van der Waals surface area contributed by atoms with Gasteiger partial charge < -0.3 is 15.2 Å². The molecule has 8 nitrogen and oxygen atoms in total. The maximum atomic E-state index is 12.6. The lowest BCUT2D eigenvalue weighted by molar-refractivity contribution is -0.150. The van der Waals surface area contributed by atoms with E-state index in [-0.39, 0.29) is 24.0 Å². The van der Waals surface area contributed by atoms with Crippen molar-refractivity contribution in [3.05, 3.63) is 52.7 Å². The molecule has 9 heteroatoms. The summed E-state index contributed by atoms with van der Waals surface area (Å²) in [5, 5.41) is 11.7. The van der Waals surface area contributed by atoms with Crippen molar-refractivity contribution in [3.8, 4) is 0 Å². The number of benzene rings is 1. The van der Waals surface area contributed by atoms with Crippen molar-refractivity contribution in [2.75, 3.05) is 12.4 Å². The highest BCUT2D eigenvalue weighted by atomic mass is 32.2. The van der Waals surface area contributed by atoms with Crippen LogP contribution in [0.25, 0.3) is 6.08 Å². The summed E-state index contributed by atoms with van der Waals surface area (Å²) >= 11 is 1.32. The van der Waals surface area contributed by atoms with E-state index in [0.717, 1.165) is 10.5 Å². The van der Waals surface area contributed by atoms with Crippen LogP contribution in [-0.4, -0.2) is 57.5 Å². The van der Waals surface area contributed by atoms with Crippen LogP contribution in [0, 0.1) is 0 Å². The molecule has 0 unspecified atom stereocenters. The number of carboxylic acid groups (broad SMARTS) is 1. The summed E-state index contributed by atoms with van der Waals surface area (Å²) in [4.78, 5) is 48.9. The molecule has 1 aromatic carbocycles. The summed E-state index contributed by atoms with van der Waals surface area (Å²) in [6.45, 7) is 2.69. The number of nitrogens with zero attached hydrogens (tertiary/aromatic N) is 1. The fraction of sp³-hybridized carbons (Fsp3) is 0.300. The standard InChI is InChI=1S/C20H20N2O6S/c1-11(8-13-6-4-3-5-7-13)17(24)21-15-18(25)22-16(20(26)27)14(9-28-12(2)23)10-29-19(15)22/h3-8,15,19H,9-10H2,1-2H3,(H,21,24)(H,26,27)/b11-8+/t15-,19+/m0/s1. The SMILES string of the molecule is CC(=O)OCC1=C(C(=O)O)N2C(=O)[C@H](NC(=O)/C(C)=C/c3ccccc3)[C@H]2SC1. The average Bonchev–Trinajstić information content (AvgIpc) is 2.69. The molecule has 0 spiro atoms. The number of carbonyl (C=O) groups is 4. The van der Waals surface area contributed by atoms with E-state index in [2.05, 4.69) is 5.32 Å². The maximum Gasteiger partial charge on any atom is 0.352 e. The lowest BCUT2D eigenvalue weighted by atomic mass is 10.0. The molecule has 0 radical (unpaired) electrons. The first-order valence-electron chi connectivity index (χ1n) is 8.87. The normalized spacial score (nSPS) is 21.2. The van der Waals surface area contributed by atoms with Gasteiger partial charge in [0, 0.05) is 23.8 Å². The smallest absolute Gasteiger partial charge is 0.352 e. The van der Waals surface area contributed by atoms with Crippen LogP contribution in [0.15, 0.2) is 47.2 Å². The van der Waals surface area contributed by atoms with Crippen LogP contribution in [0.2, 0.25) is 0 Å². The number of hydrogen-bond donors (Lipinski definition) is 2. The third-order valence-corrected chi connectivity index (χ3v) is 5.87. The van der Waals surface area contributed by atoms with E-state index in [9.17, 15) is 24.3 Å². The summed E-state index contributed by atoms with van der Waals surface area (Å²) < 4.78 is 4.90. The van der Waals surface area contributed by atoms with Gasteiger partial charge in [0.25, 0.3) is 5.91 Å². The number of thioether (sulfide) groups is 1. The highest BCUT2D eigenvalue weighted by molar-refractivity contribution is 8.00. The van der Waals surface area contributed by atoms with Crippen LogP contribution >= 0.6 is 11.8 Å². The van der Waals surface area contributed by atoms with Gasteiger partial charge in [-0.25, -0.2) is 4.79 Å². The molecule has 2 N–H and O–H groups in total. The molecule has 29 heavy (non-hydrogen) atoms. The first kappa shape index (κ1) is 20.7. The van der Waals surface area contributed by atoms with Crippen LogP contribution in [-0.2, 0) is 23.9 Å². The lowest BCUT2D eigenvalue weighted by Crippen LogP contribution is -2.70. The van der Waals surface area contributed by atoms with E-state index in [0.29, 0.717) is 11.1 Å². The predicted octanol–water partition coefficient (Wildman–Crippen LogP) is 1.39. The molecular weight excluding hydrogens is 396 g/mol. The summed E-state index contributed by atoms with van der Waals surface area (Å²) in [7, 11) is 0. The van der Waals surface area contributed by atoms with Gasteiger partial charge in [-0.1, -0.05) is 30.3 Å². The van der Waals surface area contributed by atoms with E-state index in [4.69, 9.17) is 4.74 Å². The van der Waals surface area contributed by atoms with Gasteiger partial charge >= 0.3 is 11.9 Å².